The van der Waals surface area contributed by atoms with Gasteiger partial charge < -0.3 is 29.7 Å². The molecule has 1 aromatic heterocycles. The summed E-state index contributed by atoms with van der Waals surface area (Å²) in [6.07, 6.45) is -8.19. The second-order valence-corrected chi connectivity index (χ2v) is 11.7. The van der Waals surface area contributed by atoms with Gasteiger partial charge in [0.05, 0.1) is 24.5 Å². The van der Waals surface area contributed by atoms with Crippen LogP contribution in [0.2, 0.25) is 0 Å². The molecule has 2 heterocycles. The number of rotatable bonds is 7. The third kappa shape index (κ3) is 10.6. The molecule has 0 saturated heterocycles. The lowest BCUT2D eigenvalue weighted by Crippen LogP contribution is -2.50. The summed E-state index contributed by atoms with van der Waals surface area (Å²) in [6.45, 7) is 2.84. The number of amides is 1. The molecule has 17 heteroatoms. The molecule has 1 atom stereocenters. The number of fused-ring (bicyclic) bond motifs is 1. The number of alkyl halides is 6. The van der Waals surface area contributed by atoms with Crippen LogP contribution in [0.5, 0.6) is 0 Å². The highest BCUT2D eigenvalue weighted by Gasteiger charge is 2.41. The number of imidazole rings is 1. The van der Waals surface area contributed by atoms with Gasteiger partial charge >= 0.3 is 30.3 Å². The Bertz CT molecular complexity index is 1800. The van der Waals surface area contributed by atoms with Gasteiger partial charge in [-0.15, -0.1) is 0 Å². The summed E-state index contributed by atoms with van der Waals surface area (Å²) in [4.78, 5) is 52.5. The summed E-state index contributed by atoms with van der Waals surface area (Å²) < 4.78 is 65.5. The van der Waals surface area contributed by atoms with Crippen molar-refractivity contribution in [3.63, 3.8) is 0 Å². The zero-order valence-electron chi connectivity index (χ0n) is 27.9. The summed E-state index contributed by atoms with van der Waals surface area (Å²) in [5, 5.41) is 24.5. The fourth-order valence-electron chi connectivity index (χ4n) is 5.42. The highest BCUT2D eigenvalue weighted by Crippen LogP contribution is 2.32. The molecule has 1 amide bonds. The van der Waals surface area contributed by atoms with Gasteiger partial charge in [0.25, 0.3) is 0 Å². The van der Waals surface area contributed by atoms with E-state index in [2.05, 4.69) is 35.0 Å². The number of hydrogen-bond acceptors (Lipinski definition) is 6. The maximum atomic E-state index is 14.1. The number of anilines is 1. The Hall–Kier alpha value is -5.87. The van der Waals surface area contributed by atoms with Crippen LogP contribution in [0.1, 0.15) is 39.6 Å². The number of aryl methyl sites for hydroxylation is 1. The van der Waals surface area contributed by atoms with Gasteiger partial charge in [-0.3, -0.25) is 4.79 Å². The molecule has 1 aliphatic rings. The molecular formula is C35H34F6N4O7. The topological polar surface area (TPSA) is 153 Å². The molecule has 0 aliphatic carbocycles. The Morgan fingerprint density at radius 3 is 1.71 bits per heavy atom. The summed E-state index contributed by atoms with van der Waals surface area (Å²) >= 11 is 0. The molecule has 3 aromatic carbocycles. The van der Waals surface area contributed by atoms with Crippen molar-refractivity contribution in [2.45, 2.75) is 50.7 Å². The fourth-order valence-corrected chi connectivity index (χ4v) is 5.42. The molecule has 3 N–H and O–H groups in total. The normalized spacial score (nSPS) is 13.9. The average Bonchev–Trinajstić information content (AvgIpc) is 3.46. The molecule has 4 aromatic rings. The second-order valence-electron chi connectivity index (χ2n) is 11.7. The van der Waals surface area contributed by atoms with Crippen molar-refractivity contribution in [2.75, 3.05) is 19.0 Å². The first kappa shape index (κ1) is 40.6. The average molecular weight is 737 g/mol. The predicted molar refractivity (Wildman–Crippen MR) is 175 cm³/mol. The number of carboxylic acid groups (broad SMARTS) is 3. The quantitative estimate of drug-likeness (QED) is 0.202. The van der Waals surface area contributed by atoms with Crippen LogP contribution in [-0.4, -0.2) is 86.1 Å². The zero-order chi connectivity index (χ0) is 39.0. The Morgan fingerprint density at radius 2 is 1.31 bits per heavy atom. The van der Waals surface area contributed by atoms with Crippen LogP contribution >= 0.6 is 0 Å². The van der Waals surface area contributed by atoms with Gasteiger partial charge in [0.2, 0.25) is 5.91 Å². The van der Waals surface area contributed by atoms with Gasteiger partial charge in [0, 0.05) is 38.4 Å². The van der Waals surface area contributed by atoms with Gasteiger partial charge in [-0.2, -0.15) is 26.3 Å². The van der Waals surface area contributed by atoms with E-state index in [-0.39, 0.29) is 18.9 Å². The molecule has 0 bridgehead atoms. The van der Waals surface area contributed by atoms with Crippen molar-refractivity contribution in [3.8, 4) is 0 Å². The molecule has 5 rings (SSSR count). The van der Waals surface area contributed by atoms with E-state index in [0.717, 1.165) is 33.8 Å². The first-order valence-electron chi connectivity index (χ1n) is 15.3. The lowest BCUT2D eigenvalue weighted by Gasteiger charge is -2.35. The van der Waals surface area contributed by atoms with Crippen LogP contribution in [0.4, 0.5) is 32.0 Å². The van der Waals surface area contributed by atoms with Crippen molar-refractivity contribution >= 4 is 29.5 Å². The molecule has 1 unspecified atom stereocenters. The number of hydrogen-bond donors (Lipinski definition) is 3. The number of benzene rings is 3. The van der Waals surface area contributed by atoms with Crippen LogP contribution < -0.4 is 4.90 Å². The van der Waals surface area contributed by atoms with Crippen LogP contribution in [0.15, 0.2) is 85.2 Å². The van der Waals surface area contributed by atoms with E-state index in [0.29, 0.717) is 6.54 Å². The molecule has 0 saturated carbocycles. The summed E-state index contributed by atoms with van der Waals surface area (Å²) in [7, 11) is 4.04. The number of halogens is 6. The van der Waals surface area contributed by atoms with Gasteiger partial charge in [-0.05, 0) is 35.2 Å². The maximum absolute atomic E-state index is 14.1. The molecule has 11 nitrogen and oxygen atoms in total. The van der Waals surface area contributed by atoms with E-state index in [1.54, 1.807) is 6.33 Å². The standard InChI is InChI=1S/C31H32N4O3.2C2HF3O2/c1-21-16-22(14-15-26(21)33(2)3)18-34-20-32-25-19-35(28(31(37)38)17-27(25)34)30(36)29(23-10-6-4-7-11-23)24-12-8-5-9-13-24;2*3-2(4,5)1(6)7/h4-16,20,28-29H,17-19H2,1-3H3,(H,37,38);2*(H,6,7). The Kier molecular flexibility index (Phi) is 13.2. The smallest absolute Gasteiger partial charge is 0.480 e. The van der Waals surface area contributed by atoms with Crippen molar-refractivity contribution in [1.29, 1.82) is 0 Å². The van der Waals surface area contributed by atoms with E-state index in [1.165, 1.54) is 10.5 Å². The Balaban J connectivity index is 0.000000441. The third-order valence-electron chi connectivity index (χ3n) is 7.78. The highest BCUT2D eigenvalue weighted by molar-refractivity contribution is 5.91. The molecule has 278 valence electrons. The molecule has 0 spiro atoms. The second kappa shape index (κ2) is 16.9. The first-order chi connectivity index (χ1) is 24.2. The molecule has 1 aliphatic heterocycles. The van der Waals surface area contributed by atoms with Gasteiger partial charge in [-0.25, -0.2) is 19.4 Å². The summed E-state index contributed by atoms with van der Waals surface area (Å²) in [5.41, 5.74) is 6.74. The Labute approximate surface area is 293 Å². The summed E-state index contributed by atoms with van der Waals surface area (Å²) in [5.74, 6) is -7.35. The van der Waals surface area contributed by atoms with Gasteiger partial charge in [0.15, 0.2) is 0 Å². The van der Waals surface area contributed by atoms with Crippen molar-refractivity contribution < 1.29 is 60.8 Å². The molecule has 0 radical (unpaired) electrons. The van der Waals surface area contributed by atoms with E-state index in [9.17, 15) is 41.0 Å². The van der Waals surface area contributed by atoms with E-state index in [4.69, 9.17) is 19.8 Å². The number of carbonyl (C=O) groups is 4. The minimum atomic E-state index is -5.08. The number of aromatic nitrogens is 2. The predicted octanol–water partition coefficient (Wildman–Crippen LogP) is 5.74. The van der Waals surface area contributed by atoms with Crippen molar-refractivity contribution in [3.05, 3.63) is 119 Å². The number of carbonyl (C=O) groups excluding carboxylic acids is 1. The number of carboxylic acids is 3. The monoisotopic (exact) mass is 736 g/mol. The van der Waals surface area contributed by atoms with E-state index >= 15 is 0 Å². The fraction of sp³-hybridized carbons (Fsp3) is 0.286. The van der Waals surface area contributed by atoms with Crippen LogP contribution in [0.25, 0.3) is 0 Å². The van der Waals surface area contributed by atoms with Gasteiger partial charge in [0.1, 0.15) is 6.04 Å². The van der Waals surface area contributed by atoms with Crippen LogP contribution in [-0.2, 0) is 38.7 Å². The zero-order valence-corrected chi connectivity index (χ0v) is 27.9. The number of aliphatic carboxylic acids is 3. The first-order valence-corrected chi connectivity index (χ1v) is 15.3. The van der Waals surface area contributed by atoms with Crippen molar-refractivity contribution in [2.24, 2.45) is 0 Å². The highest BCUT2D eigenvalue weighted by atomic mass is 19.4. The van der Waals surface area contributed by atoms with Crippen LogP contribution in [0.3, 0.4) is 0 Å². The van der Waals surface area contributed by atoms with Crippen LogP contribution in [0, 0.1) is 6.92 Å². The van der Waals surface area contributed by atoms with Gasteiger partial charge in [-0.1, -0.05) is 72.8 Å². The third-order valence-corrected chi connectivity index (χ3v) is 7.78. The molecular weight excluding hydrogens is 702 g/mol. The molecule has 52 heavy (non-hydrogen) atoms. The minimum absolute atomic E-state index is 0.160. The Morgan fingerprint density at radius 1 is 0.827 bits per heavy atom. The lowest BCUT2D eigenvalue weighted by atomic mass is 9.88. The summed E-state index contributed by atoms with van der Waals surface area (Å²) in [6, 6.07) is 24.4. The van der Waals surface area contributed by atoms with Crippen molar-refractivity contribution in [1.82, 2.24) is 14.5 Å². The largest absolute Gasteiger partial charge is 0.490 e. The maximum Gasteiger partial charge on any atom is 0.490 e. The SMILES string of the molecule is Cc1cc(Cn2cnc3c2CC(C(=O)O)N(C(=O)C(c2ccccc2)c2ccccc2)C3)ccc1N(C)C.O=C(O)C(F)(F)F.O=C(O)C(F)(F)F. The number of nitrogens with zero attached hydrogens (tertiary/aromatic N) is 4. The van der Waals surface area contributed by atoms with E-state index < -0.39 is 42.2 Å². The molecule has 0 fully saturated rings. The lowest BCUT2D eigenvalue weighted by molar-refractivity contribution is -0.193. The minimum Gasteiger partial charge on any atom is -0.480 e. The van der Waals surface area contributed by atoms with E-state index in [1.807, 2.05) is 79.3 Å².